The molecule has 0 amide bonds. The third-order valence-corrected chi connectivity index (χ3v) is 2.00. The third kappa shape index (κ3) is 3.91. The van der Waals surface area contributed by atoms with E-state index in [4.69, 9.17) is 4.18 Å². The minimum atomic E-state index is -1.16. The highest BCUT2D eigenvalue weighted by Gasteiger charge is 1.93. The Bertz CT molecular complexity index is 216. The summed E-state index contributed by atoms with van der Waals surface area (Å²) in [5.74, 6) is 0.470. The molecule has 0 aromatic carbocycles. The van der Waals surface area contributed by atoms with Crippen molar-refractivity contribution in [1.29, 1.82) is 0 Å². The van der Waals surface area contributed by atoms with E-state index in [2.05, 4.69) is 0 Å². The van der Waals surface area contributed by atoms with Gasteiger partial charge in [0.25, 0.3) is 0 Å². The quantitative estimate of drug-likeness (QED) is 0.548. The van der Waals surface area contributed by atoms with Gasteiger partial charge in [-0.1, -0.05) is 36.5 Å². The first-order chi connectivity index (χ1) is 5.39. The van der Waals surface area contributed by atoms with Crippen molar-refractivity contribution in [1.82, 2.24) is 0 Å². The summed E-state index contributed by atoms with van der Waals surface area (Å²) < 4.78 is 15.8. The van der Waals surface area contributed by atoms with Crippen molar-refractivity contribution in [3.05, 3.63) is 36.5 Å². The van der Waals surface area contributed by atoms with Crippen molar-refractivity contribution in [3.8, 4) is 0 Å². The SMILES string of the molecule is O=S1C/C=C/C=C\C=C\CO1. The molecule has 0 bridgehead atoms. The van der Waals surface area contributed by atoms with E-state index in [1.807, 2.05) is 36.5 Å². The molecule has 1 aliphatic heterocycles. The first-order valence-electron chi connectivity index (χ1n) is 3.39. The molecule has 0 fully saturated rings. The largest absolute Gasteiger partial charge is 0.286 e. The van der Waals surface area contributed by atoms with Gasteiger partial charge in [-0.05, 0) is 0 Å². The predicted molar refractivity (Wildman–Crippen MR) is 46.4 cm³/mol. The summed E-state index contributed by atoms with van der Waals surface area (Å²) in [6.07, 6.45) is 11.2. The highest BCUT2D eigenvalue weighted by Crippen LogP contribution is 1.91. The van der Waals surface area contributed by atoms with Crippen LogP contribution in [0.3, 0.4) is 0 Å². The van der Waals surface area contributed by atoms with Crippen LogP contribution in [0.15, 0.2) is 36.5 Å². The van der Waals surface area contributed by atoms with Crippen molar-refractivity contribution in [3.63, 3.8) is 0 Å². The summed E-state index contributed by atoms with van der Waals surface area (Å²) in [6.45, 7) is 0.421. The van der Waals surface area contributed by atoms with Gasteiger partial charge in [0.2, 0.25) is 0 Å². The zero-order valence-corrected chi connectivity index (χ0v) is 6.92. The molecule has 0 radical (unpaired) electrons. The summed E-state index contributed by atoms with van der Waals surface area (Å²) in [5, 5.41) is 0. The van der Waals surface area contributed by atoms with Crippen LogP contribution in [0.2, 0.25) is 0 Å². The Hall–Kier alpha value is -0.670. The fourth-order valence-corrected chi connectivity index (χ4v) is 1.23. The molecule has 0 aliphatic carbocycles. The van der Waals surface area contributed by atoms with E-state index in [-0.39, 0.29) is 0 Å². The molecule has 2 nitrogen and oxygen atoms in total. The topological polar surface area (TPSA) is 26.3 Å². The second-order valence-electron chi connectivity index (χ2n) is 2.00. The highest BCUT2D eigenvalue weighted by atomic mass is 32.2. The van der Waals surface area contributed by atoms with E-state index in [1.165, 1.54) is 0 Å². The Kier molecular flexibility index (Phi) is 3.86. The maximum Gasteiger partial charge on any atom is 0.159 e. The minimum Gasteiger partial charge on any atom is -0.286 e. The molecular weight excluding hydrogens is 160 g/mol. The van der Waals surface area contributed by atoms with Crippen LogP contribution in [0.5, 0.6) is 0 Å². The zero-order chi connectivity index (χ0) is 7.94. The van der Waals surface area contributed by atoms with Gasteiger partial charge in [0.15, 0.2) is 11.1 Å². The van der Waals surface area contributed by atoms with E-state index in [0.717, 1.165) is 0 Å². The number of allylic oxidation sites excluding steroid dienone is 4. The first-order valence-corrected chi connectivity index (χ1v) is 4.64. The molecular formula is C8H10O2S. The summed E-state index contributed by atoms with van der Waals surface area (Å²) in [7, 11) is 0. The summed E-state index contributed by atoms with van der Waals surface area (Å²) in [5.41, 5.74) is 0. The molecule has 1 atom stereocenters. The molecule has 60 valence electrons. The number of hydrogen-bond donors (Lipinski definition) is 0. The van der Waals surface area contributed by atoms with E-state index < -0.39 is 11.1 Å². The van der Waals surface area contributed by atoms with Gasteiger partial charge in [-0.2, -0.15) is 0 Å². The monoisotopic (exact) mass is 170 g/mol. The van der Waals surface area contributed by atoms with Crippen LogP contribution >= 0.6 is 0 Å². The standard InChI is InChI=1S/C8H10O2S/c9-11-8-6-4-2-1-3-5-7-10-11/h1-6H,7-8H2/b2-1-,5-3+,6-4+. The van der Waals surface area contributed by atoms with Gasteiger partial charge in [-0.3, -0.25) is 4.18 Å². The van der Waals surface area contributed by atoms with Gasteiger partial charge in [0, 0.05) is 0 Å². The second-order valence-corrected chi connectivity index (χ2v) is 3.17. The summed E-state index contributed by atoms with van der Waals surface area (Å²) >= 11 is -1.16. The predicted octanol–water partition coefficient (Wildman–Crippen LogP) is 1.35. The number of hydrogen-bond acceptors (Lipinski definition) is 2. The van der Waals surface area contributed by atoms with Gasteiger partial charge in [-0.15, -0.1) is 0 Å². The van der Waals surface area contributed by atoms with Crippen LogP contribution in [-0.4, -0.2) is 16.6 Å². The van der Waals surface area contributed by atoms with Crippen LogP contribution in [0.4, 0.5) is 0 Å². The Labute approximate surface area is 68.9 Å². The molecule has 1 aliphatic rings. The average molecular weight is 170 g/mol. The van der Waals surface area contributed by atoms with E-state index in [0.29, 0.717) is 12.4 Å². The Morgan fingerprint density at radius 2 is 1.82 bits per heavy atom. The van der Waals surface area contributed by atoms with Crippen molar-refractivity contribution in [2.45, 2.75) is 0 Å². The lowest BCUT2D eigenvalue weighted by atomic mass is 10.4. The molecule has 0 aromatic heterocycles. The average Bonchev–Trinajstić information content (AvgIpc) is 2.03. The van der Waals surface area contributed by atoms with Crippen molar-refractivity contribution < 1.29 is 8.39 Å². The van der Waals surface area contributed by atoms with Crippen LogP contribution in [0.1, 0.15) is 0 Å². The van der Waals surface area contributed by atoms with Gasteiger partial charge >= 0.3 is 0 Å². The molecule has 11 heavy (non-hydrogen) atoms. The lowest BCUT2D eigenvalue weighted by Gasteiger charge is -1.96. The van der Waals surface area contributed by atoms with Crippen LogP contribution in [-0.2, 0) is 15.3 Å². The normalized spacial score (nSPS) is 34.0. The summed E-state index contributed by atoms with van der Waals surface area (Å²) in [6, 6.07) is 0. The van der Waals surface area contributed by atoms with E-state index in [9.17, 15) is 4.21 Å². The first kappa shape index (κ1) is 8.43. The van der Waals surface area contributed by atoms with Crippen LogP contribution in [0, 0.1) is 0 Å². The second kappa shape index (κ2) is 5.04. The van der Waals surface area contributed by atoms with Gasteiger partial charge in [-0.25, -0.2) is 4.21 Å². The maximum atomic E-state index is 10.9. The Morgan fingerprint density at radius 1 is 1.09 bits per heavy atom. The lowest BCUT2D eigenvalue weighted by molar-refractivity contribution is 0.396. The van der Waals surface area contributed by atoms with Gasteiger partial charge in [0.05, 0.1) is 12.4 Å². The van der Waals surface area contributed by atoms with Crippen molar-refractivity contribution in [2.75, 3.05) is 12.4 Å². The van der Waals surface area contributed by atoms with Crippen LogP contribution in [0.25, 0.3) is 0 Å². The molecule has 1 unspecified atom stereocenters. The highest BCUT2D eigenvalue weighted by molar-refractivity contribution is 7.80. The van der Waals surface area contributed by atoms with Crippen molar-refractivity contribution >= 4 is 11.1 Å². The molecule has 0 N–H and O–H groups in total. The fourth-order valence-electron chi connectivity index (χ4n) is 0.638. The molecule has 0 saturated carbocycles. The lowest BCUT2D eigenvalue weighted by Crippen LogP contribution is -2.00. The molecule has 0 saturated heterocycles. The molecule has 1 rings (SSSR count). The fraction of sp³-hybridized carbons (Fsp3) is 0.250. The molecule has 0 spiro atoms. The Morgan fingerprint density at radius 3 is 2.64 bits per heavy atom. The third-order valence-electron chi connectivity index (χ3n) is 1.13. The summed E-state index contributed by atoms with van der Waals surface area (Å²) in [4.78, 5) is 0. The van der Waals surface area contributed by atoms with E-state index >= 15 is 0 Å². The van der Waals surface area contributed by atoms with E-state index in [1.54, 1.807) is 0 Å². The smallest absolute Gasteiger partial charge is 0.159 e. The van der Waals surface area contributed by atoms with Gasteiger partial charge < -0.3 is 0 Å². The van der Waals surface area contributed by atoms with Gasteiger partial charge in [0.1, 0.15) is 0 Å². The minimum absolute atomic E-state index is 0.421. The Balaban J connectivity index is 2.55. The zero-order valence-electron chi connectivity index (χ0n) is 6.10. The molecule has 0 aromatic rings. The maximum absolute atomic E-state index is 10.9. The molecule has 1 heterocycles. The van der Waals surface area contributed by atoms with Crippen LogP contribution < -0.4 is 0 Å². The molecule has 3 heteroatoms. The number of rotatable bonds is 0. The van der Waals surface area contributed by atoms with Crippen molar-refractivity contribution in [2.24, 2.45) is 0 Å².